The van der Waals surface area contributed by atoms with E-state index in [1.807, 2.05) is 63.2 Å². The summed E-state index contributed by atoms with van der Waals surface area (Å²) >= 11 is 0. The normalized spacial score (nSPS) is 11.5. The van der Waals surface area contributed by atoms with Gasteiger partial charge in [0.15, 0.2) is 6.61 Å². The molecule has 0 unspecified atom stereocenters. The second kappa shape index (κ2) is 11.2. The van der Waals surface area contributed by atoms with Gasteiger partial charge in [0, 0.05) is 13.1 Å². The number of nitrogens with one attached hydrogen (secondary N) is 1. The lowest BCUT2D eigenvalue weighted by molar-refractivity contribution is -0.142. The van der Waals surface area contributed by atoms with E-state index in [1.54, 1.807) is 18.9 Å². The van der Waals surface area contributed by atoms with Crippen LogP contribution in [0.4, 0.5) is 0 Å². The van der Waals surface area contributed by atoms with Crippen LogP contribution in [-0.2, 0) is 16.1 Å². The highest BCUT2D eigenvalue weighted by molar-refractivity contribution is 5.88. The minimum Gasteiger partial charge on any atom is -0.497 e. The Morgan fingerprint density at radius 1 is 1.13 bits per heavy atom. The van der Waals surface area contributed by atoms with Crippen molar-refractivity contribution < 1.29 is 19.1 Å². The number of benzene rings is 2. The lowest BCUT2D eigenvalue weighted by atomic mass is 10.1. The Balaban J connectivity index is 2.17. The lowest BCUT2D eigenvalue weighted by Crippen LogP contribution is -2.49. The zero-order valence-corrected chi connectivity index (χ0v) is 18.5. The van der Waals surface area contributed by atoms with Gasteiger partial charge in [0.1, 0.15) is 17.5 Å². The molecule has 6 nitrogen and oxygen atoms in total. The molecule has 0 aliphatic rings. The highest BCUT2D eigenvalue weighted by Crippen LogP contribution is 2.20. The van der Waals surface area contributed by atoms with Crippen molar-refractivity contribution in [1.82, 2.24) is 10.2 Å². The number of carbonyl (C=O) groups is 2. The fourth-order valence-electron chi connectivity index (χ4n) is 3.13. The summed E-state index contributed by atoms with van der Waals surface area (Å²) < 4.78 is 11.1. The van der Waals surface area contributed by atoms with E-state index in [2.05, 4.69) is 5.32 Å². The zero-order chi connectivity index (χ0) is 22.1. The second-order valence-corrected chi connectivity index (χ2v) is 7.40. The molecule has 2 aromatic rings. The molecule has 0 radical (unpaired) electrons. The molecule has 6 heteroatoms. The minimum atomic E-state index is -0.627. The van der Waals surface area contributed by atoms with E-state index in [0.717, 1.165) is 23.1 Å². The Morgan fingerprint density at radius 3 is 2.57 bits per heavy atom. The standard InChI is InChI=1S/C24H32N2O4/c1-6-12-25-24(28)19(4)26(15-20-8-7-9-21(14-20)29-5)23(27)16-30-22-11-10-17(2)13-18(22)3/h7-11,13-14,19H,6,12,15-16H2,1-5H3,(H,25,28)/t19-/m1/s1. The molecule has 0 saturated heterocycles. The number of hydrogen-bond acceptors (Lipinski definition) is 4. The Kier molecular flexibility index (Phi) is 8.71. The Morgan fingerprint density at radius 2 is 1.90 bits per heavy atom. The highest BCUT2D eigenvalue weighted by atomic mass is 16.5. The van der Waals surface area contributed by atoms with Crippen molar-refractivity contribution >= 4 is 11.8 Å². The van der Waals surface area contributed by atoms with Crippen molar-refractivity contribution in [1.29, 1.82) is 0 Å². The van der Waals surface area contributed by atoms with E-state index in [4.69, 9.17) is 9.47 Å². The summed E-state index contributed by atoms with van der Waals surface area (Å²) in [6.07, 6.45) is 0.831. The average Bonchev–Trinajstić information content (AvgIpc) is 2.74. The maximum absolute atomic E-state index is 13.1. The number of aryl methyl sites for hydroxylation is 2. The summed E-state index contributed by atoms with van der Waals surface area (Å²) in [6, 6.07) is 12.7. The van der Waals surface area contributed by atoms with Crippen LogP contribution in [0, 0.1) is 13.8 Å². The fraction of sp³-hybridized carbons (Fsp3) is 0.417. The number of nitrogens with zero attached hydrogens (tertiary/aromatic N) is 1. The van der Waals surface area contributed by atoms with Crippen LogP contribution in [0.1, 0.15) is 37.0 Å². The second-order valence-electron chi connectivity index (χ2n) is 7.40. The van der Waals surface area contributed by atoms with Crippen molar-refractivity contribution in [3.05, 3.63) is 59.2 Å². The molecule has 0 fully saturated rings. The van der Waals surface area contributed by atoms with Crippen LogP contribution < -0.4 is 14.8 Å². The molecule has 0 heterocycles. The Bertz CT molecular complexity index is 866. The van der Waals surface area contributed by atoms with Gasteiger partial charge in [-0.15, -0.1) is 0 Å². The number of rotatable bonds is 10. The van der Waals surface area contributed by atoms with Crippen LogP contribution in [0.15, 0.2) is 42.5 Å². The Hall–Kier alpha value is -3.02. The first-order valence-electron chi connectivity index (χ1n) is 10.3. The van der Waals surface area contributed by atoms with E-state index in [9.17, 15) is 9.59 Å². The molecule has 0 aliphatic carbocycles. The topological polar surface area (TPSA) is 67.9 Å². The van der Waals surface area contributed by atoms with Crippen LogP contribution in [0.3, 0.4) is 0 Å². The van der Waals surface area contributed by atoms with Gasteiger partial charge in [0.05, 0.1) is 7.11 Å². The zero-order valence-electron chi connectivity index (χ0n) is 18.5. The van der Waals surface area contributed by atoms with Crippen molar-refractivity contribution in [2.75, 3.05) is 20.3 Å². The third-order valence-electron chi connectivity index (χ3n) is 4.89. The van der Waals surface area contributed by atoms with Crippen LogP contribution in [0.5, 0.6) is 11.5 Å². The van der Waals surface area contributed by atoms with Gasteiger partial charge in [-0.2, -0.15) is 0 Å². The highest BCUT2D eigenvalue weighted by Gasteiger charge is 2.26. The summed E-state index contributed by atoms with van der Waals surface area (Å²) in [5.74, 6) is 0.935. The largest absolute Gasteiger partial charge is 0.497 e. The molecule has 1 N–H and O–H groups in total. The van der Waals surface area contributed by atoms with Gasteiger partial charge < -0.3 is 19.7 Å². The van der Waals surface area contributed by atoms with Gasteiger partial charge in [-0.05, 0) is 56.5 Å². The van der Waals surface area contributed by atoms with Gasteiger partial charge in [-0.1, -0.05) is 36.8 Å². The third kappa shape index (κ3) is 6.51. The monoisotopic (exact) mass is 412 g/mol. The van der Waals surface area contributed by atoms with Crippen LogP contribution in [0.2, 0.25) is 0 Å². The first-order valence-corrected chi connectivity index (χ1v) is 10.3. The summed E-state index contributed by atoms with van der Waals surface area (Å²) in [4.78, 5) is 27.2. The predicted octanol–water partition coefficient (Wildman–Crippen LogP) is 3.63. The van der Waals surface area contributed by atoms with Gasteiger partial charge in [0.25, 0.3) is 5.91 Å². The van der Waals surface area contributed by atoms with E-state index >= 15 is 0 Å². The molecule has 1 atom stereocenters. The molecule has 0 spiro atoms. The van der Waals surface area contributed by atoms with Crippen molar-refractivity contribution in [3.63, 3.8) is 0 Å². The molecule has 30 heavy (non-hydrogen) atoms. The number of ether oxygens (including phenoxy) is 2. The Labute approximate surface area is 179 Å². The van der Waals surface area contributed by atoms with Crippen LogP contribution in [-0.4, -0.2) is 43.0 Å². The quantitative estimate of drug-likeness (QED) is 0.647. The molecule has 2 aromatic carbocycles. The van der Waals surface area contributed by atoms with Crippen molar-refractivity contribution in [2.24, 2.45) is 0 Å². The van der Waals surface area contributed by atoms with E-state index in [1.165, 1.54) is 0 Å². The number of carbonyl (C=O) groups excluding carboxylic acids is 2. The summed E-state index contributed by atoms with van der Waals surface area (Å²) in [7, 11) is 1.60. The van der Waals surface area contributed by atoms with Gasteiger partial charge >= 0.3 is 0 Å². The number of hydrogen-bond donors (Lipinski definition) is 1. The lowest BCUT2D eigenvalue weighted by Gasteiger charge is -2.29. The fourth-order valence-corrected chi connectivity index (χ4v) is 3.13. The molecule has 162 valence electrons. The summed E-state index contributed by atoms with van der Waals surface area (Å²) in [5, 5.41) is 2.87. The maximum Gasteiger partial charge on any atom is 0.261 e. The summed E-state index contributed by atoms with van der Waals surface area (Å²) in [5.41, 5.74) is 2.98. The molecule has 0 bridgehead atoms. The van der Waals surface area contributed by atoms with Crippen molar-refractivity contribution in [3.8, 4) is 11.5 Å². The first-order chi connectivity index (χ1) is 14.3. The molecular weight excluding hydrogens is 380 g/mol. The van der Waals surface area contributed by atoms with Gasteiger partial charge in [-0.3, -0.25) is 9.59 Å². The van der Waals surface area contributed by atoms with Crippen LogP contribution in [0.25, 0.3) is 0 Å². The number of methoxy groups -OCH3 is 1. The van der Waals surface area contributed by atoms with E-state index in [0.29, 0.717) is 18.0 Å². The van der Waals surface area contributed by atoms with Gasteiger partial charge in [0.2, 0.25) is 5.91 Å². The molecule has 0 aromatic heterocycles. The molecule has 0 aliphatic heterocycles. The maximum atomic E-state index is 13.1. The summed E-state index contributed by atoms with van der Waals surface area (Å²) in [6.45, 7) is 8.40. The molecule has 0 saturated carbocycles. The molecule has 2 rings (SSSR count). The minimum absolute atomic E-state index is 0.140. The number of amides is 2. The van der Waals surface area contributed by atoms with Crippen LogP contribution >= 0.6 is 0 Å². The molecule has 2 amide bonds. The van der Waals surface area contributed by atoms with Crippen molar-refractivity contribution in [2.45, 2.75) is 46.7 Å². The van der Waals surface area contributed by atoms with E-state index in [-0.39, 0.29) is 25.0 Å². The average molecular weight is 413 g/mol. The third-order valence-corrected chi connectivity index (χ3v) is 4.89. The van der Waals surface area contributed by atoms with Gasteiger partial charge in [-0.25, -0.2) is 0 Å². The SMILES string of the molecule is CCCNC(=O)[C@@H](C)N(Cc1cccc(OC)c1)C(=O)COc1ccc(C)cc1C. The molecular formula is C24H32N2O4. The predicted molar refractivity (Wildman–Crippen MR) is 118 cm³/mol. The van der Waals surface area contributed by atoms with E-state index < -0.39 is 6.04 Å². The first kappa shape index (κ1) is 23.3. The smallest absolute Gasteiger partial charge is 0.261 e.